The Bertz CT molecular complexity index is 964. The van der Waals surface area contributed by atoms with E-state index >= 15 is 0 Å². The van der Waals surface area contributed by atoms with Crippen molar-refractivity contribution in [1.29, 1.82) is 0 Å². The lowest BCUT2D eigenvalue weighted by molar-refractivity contribution is -0.139. The number of para-hydroxylation sites is 1. The molecule has 2 aromatic heterocycles. The number of aromatic amines is 1. The van der Waals surface area contributed by atoms with Crippen molar-refractivity contribution >= 4 is 22.7 Å². The second kappa shape index (κ2) is 7.21. The first-order valence-corrected chi connectivity index (χ1v) is 9.05. The van der Waals surface area contributed by atoms with Crippen LogP contribution in [0.2, 0.25) is 0 Å². The van der Waals surface area contributed by atoms with E-state index in [1.165, 1.54) is 12.1 Å². The molecular weight excluding hydrogens is 371 g/mol. The summed E-state index contributed by atoms with van der Waals surface area (Å²) in [7, 11) is 1.79. The molecule has 0 spiro atoms. The Hall–Kier alpha value is -2.97. The average molecular weight is 391 g/mol. The number of hydrogen-bond donors (Lipinski definition) is 2. The van der Waals surface area contributed by atoms with Gasteiger partial charge in [0.15, 0.2) is 5.82 Å². The normalized spacial score (nSPS) is 15.8. The largest absolute Gasteiger partial charge is 0.490 e. The summed E-state index contributed by atoms with van der Waals surface area (Å²) < 4.78 is 45.1. The Balaban J connectivity index is 1.46. The topological polar surface area (TPSA) is 66.1 Å². The molecule has 3 aromatic rings. The van der Waals surface area contributed by atoms with E-state index in [4.69, 9.17) is 4.74 Å². The van der Waals surface area contributed by atoms with Gasteiger partial charge in [-0.25, -0.2) is 9.97 Å². The third kappa shape index (κ3) is 3.56. The number of pyridine rings is 1. The number of alkyl halides is 3. The molecular formula is C19H20F3N5O. The van der Waals surface area contributed by atoms with Gasteiger partial charge in [0.1, 0.15) is 23.2 Å². The fraction of sp³-hybridized carbons (Fsp3) is 0.368. The van der Waals surface area contributed by atoms with Crippen LogP contribution in [0.5, 0.6) is 5.75 Å². The van der Waals surface area contributed by atoms with E-state index in [1.54, 1.807) is 19.4 Å². The van der Waals surface area contributed by atoms with E-state index < -0.39 is 11.7 Å². The van der Waals surface area contributed by atoms with E-state index in [9.17, 15) is 13.2 Å². The standard InChI is InChI=1S/C19H20F3N5O/c1-23-18-17-14(24-11-25-17)10-16(26-18)27-8-6-12(7-9-27)28-15-5-3-2-4-13(15)19(20,21)22/h2-5,10-12H,6-9H2,1H3,(H,23,26)(H,24,25). The first-order chi connectivity index (χ1) is 13.5. The number of ether oxygens (including phenoxy) is 1. The monoisotopic (exact) mass is 391 g/mol. The number of hydrogen-bond acceptors (Lipinski definition) is 5. The molecule has 1 aliphatic heterocycles. The van der Waals surface area contributed by atoms with E-state index in [0.717, 1.165) is 22.9 Å². The summed E-state index contributed by atoms with van der Waals surface area (Å²) >= 11 is 0. The molecule has 6 nitrogen and oxygen atoms in total. The van der Waals surface area contributed by atoms with Crippen LogP contribution < -0.4 is 15.0 Å². The predicted octanol–water partition coefficient (Wildman–Crippen LogP) is 4.07. The molecule has 0 atom stereocenters. The molecule has 148 valence electrons. The Labute approximate surface area is 159 Å². The SMILES string of the molecule is CNc1nc(N2CCC(Oc3ccccc3C(F)(F)F)CC2)cc2[nH]cnc12. The number of rotatable bonds is 4. The molecule has 0 aliphatic carbocycles. The number of H-pyrrole nitrogens is 1. The lowest BCUT2D eigenvalue weighted by Gasteiger charge is -2.33. The highest BCUT2D eigenvalue weighted by molar-refractivity contribution is 5.87. The maximum atomic E-state index is 13.1. The zero-order valence-electron chi connectivity index (χ0n) is 15.3. The molecule has 0 saturated carbocycles. The van der Waals surface area contributed by atoms with Crippen molar-refractivity contribution in [2.45, 2.75) is 25.1 Å². The molecule has 0 radical (unpaired) electrons. The number of imidazole rings is 1. The van der Waals surface area contributed by atoms with Gasteiger partial charge in [-0.1, -0.05) is 12.1 Å². The van der Waals surface area contributed by atoms with Gasteiger partial charge in [-0.2, -0.15) is 13.2 Å². The Morgan fingerprint density at radius 1 is 1.21 bits per heavy atom. The summed E-state index contributed by atoms with van der Waals surface area (Å²) in [6.07, 6.45) is -1.84. The van der Waals surface area contributed by atoms with Crippen LogP contribution in [0.3, 0.4) is 0 Å². The van der Waals surface area contributed by atoms with Crippen LogP contribution in [0.15, 0.2) is 36.7 Å². The van der Waals surface area contributed by atoms with E-state index in [2.05, 4.69) is 25.2 Å². The molecule has 4 rings (SSSR count). The highest BCUT2D eigenvalue weighted by Gasteiger charge is 2.35. The molecule has 3 heterocycles. The smallest absolute Gasteiger partial charge is 0.419 e. The van der Waals surface area contributed by atoms with Gasteiger partial charge in [-0.05, 0) is 12.1 Å². The second-order valence-electron chi connectivity index (χ2n) is 6.68. The fourth-order valence-corrected chi connectivity index (χ4v) is 3.45. The first kappa shape index (κ1) is 18.4. The molecule has 0 bridgehead atoms. The quantitative estimate of drug-likeness (QED) is 0.702. The van der Waals surface area contributed by atoms with Gasteiger partial charge < -0.3 is 19.9 Å². The van der Waals surface area contributed by atoms with Crippen molar-refractivity contribution in [1.82, 2.24) is 15.0 Å². The predicted molar refractivity (Wildman–Crippen MR) is 101 cm³/mol. The summed E-state index contributed by atoms with van der Waals surface area (Å²) in [5.41, 5.74) is 0.919. The van der Waals surface area contributed by atoms with Gasteiger partial charge in [0.2, 0.25) is 0 Å². The lowest BCUT2D eigenvalue weighted by atomic mass is 10.1. The van der Waals surface area contributed by atoms with Crippen LogP contribution in [0.4, 0.5) is 24.8 Å². The van der Waals surface area contributed by atoms with Gasteiger partial charge in [0.05, 0.1) is 17.4 Å². The molecule has 1 aliphatic rings. The molecule has 1 saturated heterocycles. The van der Waals surface area contributed by atoms with Crippen LogP contribution >= 0.6 is 0 Å². The van der Waals surface area contributed by atoms with Crippen molar-refractivity contribution in [2.24, 2.45) is 0 Å². The van der Waals surface area contributed by atoms with E-state index in [-0.39, 0.29) is 11.9 Å². The fourth-order valence-electron chi connectivity index (χ4n) is 3.45. The lowest BCUT2D eigenvalue weighted by Crippen LogP contribution is -2.39. The van der Waals surface area contributed by atoms with Crippen molar-refractivity contribution in [3.05, 3.63) is 42.2 Å². The second-order valence-corrected chi connectivity index (χ2v) is 6.68. The van der Waals surface area contributed by atoms with Crippen molar-refractivity contribution in [2.75, 3.05) is 30.4 Å². The van der Waals surface area contributed by atoms with Crippen LogP contribution in [-0.4, -0.2) is 41.2 Å². The minimum absolute atomic E-state index is 0.108. The zero-order valence-corrected chi connectivity index (χ0v) is 15.3. The zero-order chi connectivity index (χ0) is 19.7. The Morgan fingerprint density at radius 2 is 1.96 bits per heavy atom. The van der Waals surface area contributed by atoms with Gasteiger partial charge in [-0.15, -0.1) is 0 Å². The molecule has 0 unspecified atom stereocenters. The minimum Gasteiger partial charge on any atom is -0.490 e. The number of aromatic nitrogens is 3. The number of nitrogens with one attached hydrogen (secondary N) is 2. The summed E-state index contributed by atoms with van der Waals surface area (Å²) in [6, 6.07) is 7.29. The Morgan fingerprint density at radius 3 is 2.68 bits per heavy atom. The summed E-state index contributed by atoms with van der Waals surface area (Å²) in [5.74, 6) is 1.38. The average Bonchev–Trinajstić information content (AvgIpc) is 3.16. The number of fused-ring (bicyclic) bond motifs is 1. The molecule has 9 heteroatoms. The van der Waals surface area contributed by atoms with Crippen LogP contribution in [0.1, 0.15) is 18.4 Å². The number of benzene rings is 1. The number of anilines is 2. The van der Waals surface area contributed by atoms with E-state index in [1.807, 2.05) is 6.07 Å². The minimum atomic E-state index is -4.43. The summed E-state index contributed by atoms with van der Waals surface area (Å²) in [5, 5.41) is 3.05. The maximum Gasteiger partial charge on any atom is 0.419 e. The summed E-state index contributed by atoms with van der Waals surface area (Å²) in [4.78, 5) is 14.1. The molecule has 28 heavy (non-hydrogen) atoms. The molecule has 1 aromatic carbocycles. The van der Waals surface area contributed by atoms with Gasteiger partial charge in [-0.3, -0.25) is 0 Å². The molecule has 0 amide bonds. The first-order valence-electron chi connectivity index (χ1n) is 9.05. The van der Waals surface area contributed by atoms with Crippen molar-refractivity contribution < 1.29 is 17.9 Å². The van der Waals surface area contributed by atoms with Gasteiger partial charge in [0.25, 0.3) is 0 Å². The highest BCUT2D eigenvalue weighted by Crippen LogP contribution is 2.37. The molecule has 1 fully saturated rings. The van der Waals surface area contributed by atoms with Crippen molar-refractivity contribution in [3.63, 3.8) is 0 Å². The highest BCUT2D eigenvalue weighted by atomic mass is 19.4. The van der Waals surface area contributed by atoms with Crippen LogP contribution in [0, 0.1) is 0 Å². The molecule has 2 N–H and O–H groups in total. The summed E-state index contributed by atoms with van der Waals surface area (Å²) in [6.45, 7) is 1.29. The number of halogens is 3. The Kier molecular flexibility index (Phi) is 4.74. The van der Waals surface area contributed by atoms with Gasteiger partial charge in [0, 0.05) is 39.0 Å². The maximum absolute atomic E-state index is 13.1. The third-order valence-electron chi connectivity index (χ3n) is 4.88. The third-order valence-corrected chi connectivity index (χ3v) is 4.88. The van der Waals surface area contributed by atoms with Crippen LogP contribution in [0.25, 0.3) is 11.0 Å². The van der Waals surface area contributed by atoms with Crippen molar-refractivity contribution in [3.8, 4) is 5.75 Å². The number of piperidine rings is 1. The van der Waals surface area contributed by atoms with Gasteiger partial charge >= 0.3 is 6.18 Å². The number of nitrogens with zero attached hydrogens (tertiary/aromatic N) is 3. The van der Waals surface area contributed by atoms with Crippen LogP contribution in [-0.2, 0) is 6.18 Å². The van der Waals surface area contributed by atoms with E-state index in [0.29, 0.717) is 31.7 Å².